The van der Waals surface area contributed by atoms with Crippen LogP contribution < -0.4 is 15.4 Å². The summed E-state index contributed by atoms with van der Waals surface area (Å²) in [6.45, 7) is 7.97. The summed E-state index contributed by atoms with van der Waals surface area (Å²) in [5.41, 5.74) is 1.22. The number of guanidine groups is 1. The van der Waals surface area contributed by atoms with Crippen LogP contribution in [0.4, 0.5) is 0 Å². The molecular weight excluding hydrogens is 324 g/mol. The van der Waals surface area contributed by atoms with Crippen LogP contribution in [0.15, 0.2) is 29.3 Å². The lowest BCUT2D eigenvalue weighted by Crippen LogP contribution is -2.39. The van der Waals surface area contributed by atoms with Crippen molar-refractivity contribution in [3.8, 4) is 5.75 Å². The molecule has 1 saturated heterocycles. The Kier molecular flexibility index (Phi) is 9.32. The van der Waals surface area contributed by atoms with Crippen molar-refractivity contribution in [2.75, 3.05) is 46.9 Å². The zero-order chi connectivity index (χ0) is 18.6. The minimum atomic E-state index is 0.839. The molecule has 2 rings (SSSR count). The highest BCUT2D eigenvalue weighted by molar-refractivity contribution is 5.79. The summed E-state index contributed by atoms with van der Waals surface area (Å²) in [5.74, 6) is 2.70. The second-order valence-electron chi connectivity index (χ2n) is 7.24. The SMILES string of the molecule is CN=C(NCCCCN1CCCC(C)C1)NCCc1ccccc1OC. The van der Waals surface area contributed by atoms with Crippen LogP contribution in [0.1, 0.15) is 38.2 Å². The number of hydrogen-bond acceptors (Lipinski definition) is 3. The Morgan fingerprint density at radius 3 is 2.81 bits per heavy atom. The van der Waals surface area contributed by atoms with Gasteiger partial charge in [0, 0.05) is 26.7 Å². The lowest BCUT2D eigenvalue weighted by Gasteiger charge is -2.30. The largest absolute Gasteiger partial charge is 0.496 e. The van der Waals surface area contributed by atoms with Gasteiger partial charge in [-0.25, -0.2) is 0 Å². The molecule has 0 aliphatic carbocycles. The highest BCUT2D eigenvalue weighted by Crippen LogP contribution is 2.17. The van der Waals surface area contributed by atoms with Crippen LogP contribution in [0.25, 0.3) is 0 Å². The number of hydrogen-bond donors (Lipinski definition) is 2. The minimum absolute atomic E-state index is 0.839. The van der Waals surface area contributed by atoms with E-state index in [1.165, 1.54) is 50.9 Å². The van der Waals surface area contributed by atoms with E-state index >= 15 is 0 Å². The van der Waals surface area contributed by atoms with Crippen molar-refractivity contribution in [2.45, 2.75) is 39.0 Å². The smallest absolute Gasteiger partial charge is 0.190 e. The van der Waals surface area contributed by atoms with Crippen molar-refractivity contribution in [3.63, 3.8) is 0 Å². The maximum Gasteiger partial charge on any atom is 0.190 e. The van der Waals surface area contributed by atoms with E-state index in [2.05, 4.69) is 33.5 Å². The van der Waals surface area contributed by atoms with Gasteiger partial charge in [-0.1, -0.05) is 25.1 Å². The Bertz CT molecular complexity index is 547. The van der Waals surface area contributed by atoms with E-state index in [1.54, 1.807) is 7.11 Å². The molecule has 1 aromatic rings. The number of para-hydroxylation sites is 1. The van der Waals surface area contributed by atoms with E-state index in [1.807, 2.05) is 25.2 Å². The molecule has 1 fully saturated rings. The monoisotopic (exact) mass is 360 g/mol. The van der Waals surface area contributed by atoms with Crippen LogP contribution in [-0.2, 0) is 6.42 Å². The van der Waals surface area contributed by atoms with Crippen molar-refractivity contribution in [1.82, 2.24) is 15.5 Å². The molecule has 0 amide bonds. The first-order chi connectivity index (χ1) is 12.7. The molecule has 0 saturated carbocycles. The van der Waals surface area contributed by atoms with Gasteiger partial charge in [0.1, 0.15) is 5.75 Å². The maximum absolute atomic E-state index is 5.40. The summed E-state index contributed by atoms with van der Waals surface area (Å²) in [6, 6.07) is 8.17. The number of nitrogens with zero attached hydrogens (tertiary/aromatic N) is 2. The van der Waals surface area contributed by atoms with Gasteiger partial charge in [-0.3, -0.25) is 4.99 Å². The molecular formula is C21H36N4O. The molecule has 146 valence electrons. The predicted octanol–water partition coefficient (Wildman–Crippen LogP) is 2.91. The third kappa shape index (κ3) is 7.24. The third-order valence-electron chi connectivity index (χ3n) is 5.04. The van der Waals surface area contributed by atoms with Crippen molar-refractivity contribution >= 4 is 5.96 Å². The van der Waals surface area contributed by atoms with E-state index in [9.17, 15) is 0 Å². The van der Waals surface area contributed by atoms with Crippen LogP contribution >= 0.6 is 0 Å². The molecule has 2 N–H and O–H groups in total. The van der Waals surface area contributed by atoms with Crippen LogP contribution in [-0.4, -0.2) is 57.7 Å². The number of nitrogens with one attached hydrogen (secondary N) is 2. The van der Waals surface area contributed by atoms with Crippen LogP contribution in [0, 0.1) is 5.92 Å². The zero-order valence-electron chi connectivity index (χ0n) is 16.8. The average Bonchev–Trinajstić information content (AvgIpc) is 2.66. The first kappa shape index (κ1) is 20.6. The fourth-order valence-corrected chi connectivity index (χ4v) is 3.60. The van der Waals surface area contributed by atoms with Gasteiger partial charge in [-0.15, -0.1) is 0 Å². The molecule has 26 heavy (non-hydrogen) atoms. The first-order valence-electron chi connectivity index (χ1n) is 10.0. The molecule has 5 heteroatoms. The molecule has 1 unspecified atom stereocenters. The summed E-state index contributed by atoms with van der Waals surface area (Å²) in [5, 5.41) is 6.81. The highest BCUT2D eigenvalue weighted by atomic mass is 16.5. The van der Waals surface area contributed by atoms with Crippen LogP contribution in [0.2, 0.25) is 0 Å². The number of methoxy groups -OCH3 is 1. The fraction of sp³-hybridized carbons (Fsp3) is 0.667. The molecule has 1 aromatic carbocycles. The lowest BCUT2D eigenvalue weighted by molar-refractivity contribution is 0.181. The number of benzene rings is 1. The Hall–Kier alpha value is -1.75. The summed E-state index contributed by atoms with van der Waals surface area (Å²) >= 11 is 0. The molecule has 0 spiro atoms. The number of piperidine rings is 1. The summed E-state index contributed by atoms with van der Waals surface area (Å²) < 4.78 is 5.40. The van der Waals surface area contributed by atoms with E-state index in [0.717, 1.165) is 37.1 Å². The van der Waals surface area contributed by atoms with Gasteiger partial charge in [-0.2, -0.15) is 0 Å². The maximum atomic E-state index is 5.40. The second kappa shape index (κ2) is 11.8. The Balaban J connectivity index is 1.57. The quantitative estimate of drug-likeness (QED) is 0.404. The van der Waals surface area contributed by atoms with Crippen molar-refractivity contribution in [3.05, 3.63) is 29.8 Å². The molecule has 5 nitrogen and oxygen atoms in total. The van der Waals surface area contributed by atoms with E-state index in [4.69, 9.17) is 4.74 Å². The number of aliphatic imine (C=N–C) groups is 1. The van der Waals surface area contributed by atoms with Gasteiger partial charge < -0.3 is 20.3 Å². The number of rotatable bonds is 9. The van der Waals surface area contributed by atoms with Crippen molar-refractivity contribution < 1.29 is 4.74 Å². The van der Waals surface area contributed by atoms with Gasteiger partial charge in [0.2, 0.25) is 0 Å². The Morgan fingerprint density at radius 1 is 1.23 bits per heavy atom. The Morgan fingerprint density at radius 2 is 2.04 bits per heavy atom. The molecule has 1 aliphatic rings. The standard InChI is InChI=1S/C21H36N4O/c1-18-9-8-16-25(17-18)15-7-6-13-23-21(22-2)24-14-12-19-10-4-5-11-20(19)26-3/h4-5,10-11,18H,6-9,12-17H2,1-3H3,(H2,22,23,24). The van der Waals surface area contributed by atoms with E-state index < -0.39 is 0 Å². The molecule has 1 heterocycles. The van der Waals surface area contributed by atoms with Gasteiger partial charge in [0.15, 0.2) is 5.96 Å². The van der Waals surface area contributed by atoms with Crippen molar-refractivity contribution in [2.24, 2.45) is 10.9 Å². The summed E-state index contributed by atoms with van der Waals surface area (Å²) in [4.78, 5) is 6.93. The average molecular weight is 361 g/mol. The normalized spacial score (nSPS) is 18.6. The third-order valence-corrected chi connectivity index (χ3v) is 5.04. The summed E-state index contributed by atoms with van der Waals surface area (Å²) in [6.07, 6.45) is 6.10. The van der Waals surface area contributed by atoms with E-state index in [-0.39, 0.29) is 0 Å². The van der Waals surface area contributed by atoms with Crippen LogP contribution in [0.5, 0.6) is 5.75 Å². The Labute approximate surface area is 159 Å². The minimum Gasteiger partial charge on any atom is -0.496 e. The first-order valence-corrected chi connectivity index (χ1v) is 10.0. The fourth-order valence-electron chi connectivity index (χ4n) is 3.60. The zero-order valence-corrected chi connectivity index (χ0v) is 16.8. The number of likely N-dealkylation sites (tertiary alicyclic amines) is 1. The summed E-state index contributed by atoms with van der Waals surface area (Å²) in [7, 11) is 3.55. The lowest BCUT2D eigenvalue weighted by atomic mass is 10.0. The highest BCUT2D eigenvalue weighted by Gasteiger charge is 2.15. The van der Waals surface area contributed by atoms with Gasteiger partial charge in [0.25, 0.3) is 0 Å². The predicted molar refractivity (Wildman–Crippen MR) is 110 cm³/mol. The van der Waals surface area contributed by atoms with Gasteiger partial charge in [-0.05, 0) is 62.7 Å². The van der Waals surface area contributed by atoms with Crippen LogP contribution in [0.3, 0.4) is 0 Å². The molecule has 1 atom stereocenters. The molecule has 1 aliphatic heterocycles. The molecule has 0 bridgehead atoms. The van der Waals surface area contributed by atoms with Crippen molar-refractivity contribution in [1.29, 1.82) is 0 Å². The van der Waals surface area contributed by atoms with Gasteiger partial charge >= 0.3 is 0 Å². The second-order valence-corrected chi connectivity index (χ2v) is 7.24. The molecule has 0 radical (unpaired) electrons. The topological polar surface area (TPSA) is 48.9 Å². The van der Waals surface area contributed by atoms with E-state index in [0.29, 0.717) is 0 Å². The molecule has 0 aromatic heterocycles. The number of ether oxygens (including phenoxy) is 1. The van der Waals surface area contributed by atoms with Gasteiger partial charge in [0.05, 0.1) is 7.11 Å². The number of unbranched alkanes of at least 4 members (excludes halogenated alkanes) is 1.